The van der Waals surface area contributed by atoms with Crippen LogP contribution in [0.25, 0.3) is 0 Å². The molecule has 1 atom stereocenters. The molecule has 0 saturated carbocycles. The minimum Gasteiger partial charge on any atom is -0.435 e. The first-order chi connectivity index (χ1) is 13.1. The van der Waals surface area contributed by atoms with Crippen molar-refractivity contribution >= 4 is 5.91 Å². The number of benzene rings is 2. The van der Waals surface area contributed by atoms with Crippen molar-refractivity contribution in [2.45, 2.75) is 12.7 Å². The van der Waals surface area contributed by atoms with Gasteiger partial charge in [0, 0.05) is 25.2 Å². The molecule has 144 valence electrons. The minimum absolute atomic E-state index is 0.0135. The highest BCUT2D eigenvalue weighted by molar-refractivity contribution is 5.94. The molecular formula is C20H22F2N2O3. The fourth-order valence-corrected chi connectivity index (χ4v) is 3.13. The molecule has 0 spiro atoms. The largest absolute Gasteiger partial charge is 0.435 e. The molecule has 1 unspecified atom stereocenters. The van der Waals surface area contributed by atoms with Crippen molar-refractivity contribution in [3.8, 4) is 5.75 Å². The lowest BCUT2D eigenvalue weighted by molar-refractivity contribution is -0.0498. The van der Waals surface area contributed by atoms with E-state index in [0.717, 1.165) is 18.7 Å². The van der Waals surface area contributed by atoms with E-state index in [9.17, 15) is 13.6 Å². The van der Waals surface area contributed by atoms with Crippen LogP contribution in [-0.2, 0) is 4.74 Å². The zero-order chi connectivity index (χ0) is 19.1. The van der Waals surface area contributed by atoms with Gasteiger partial charge in [0.15, 0.2) is 0 Å². The number of carbonyl (C=O) groups excluding carboxylic acids is 1. The highest BCUT2D eigenvalue weighted by atomic mass is 19.3. The SMILES string of the molecule is O=C(NCC(c1ccccc1)N1CCOCC1)c1cccc(OC(F)F)c1. The molecule has 1 heterocycles. The monoisotopic (exact) mass is 376 g/mol. The second kappa shape index (κ2) is 9.43. The maximum atomic E-state index is 12.5. The minimum atomic E-state index is -2.92. The molecule has 7 heteroatoms. The Morgan fingerprint density at radius 2 is 1.85 bits per heavy atom. The average Bonchev–Trinajstić information content (AvgIpc) is 2.69. The predicted octanol–water partition coefficient (Wildman–Crippen LogP) is 3.09. The molecule has 1 aliphatic rings. The first-order valence-corrected chi connectivity index (χ1v) is 8.83. The molecule has 3 rings (SSSR count). The van der Waals surface area contributed by atoms with Gasteiger partial charge in [0.05, 0.1) is 19.3 Å². The summed E-state index contributed by atoms with van der Waals surface area (Å²) in [5, 5.41) is 2.91. The summed E-state index contributed by atoms with van der Waals surface area (Å²) < 4.78 is 34.5. The summed E-state index contributed by atoms with van der Waals surface area (Å²) in [7, 11) is 0. The standard InChI is InChI=1S/C20H22F2N2O3/c21-20(22)27-17-8-4-7-16(13-17)19(25)23-14-18(15-5-2-1-3-6-15)24-9-11-26-12-10-24/h1-8,13,18,20H,9-12,14H2,(H,23,25). The topological polar surface area (TPSA) is 50.8 Å². The molecule has 0 aromatic heterocycles. The van der Waals surface area contributed by atoms with Crippen molar-refractivity contribution in [3.63, 3.8) is 0 Å². The summed E-state index contributed by atoms with van der Waals surface area (Å²) >= 11 is 0. The van der Waals surface area contributed by atoms with Crippen LogP contribution in [0.3, 0.4) is 0 Å². The number of halogens is 2. The first kappa shape index (κ1) is 19.3. The van der Waals surface area contributed by atoms with E-state index in [1.807, 2.05) is 30.3 Å². The van der Waals surface area contributed by atoms with Crippen LogP contribution in [0.15, 0.2) is 54.6 Å². The fourth-order valence-electron chi connectivity index (χ4n) is 3.13. The Balaban J connectivity index is 1.68. The highest BCUT2D eigenvalue weighted by Crippen LogP contribution is 2.21. The summed E-state index contributed by atoms with van der Waals surface area (Å²) in [4.78, 5) is 14.8. The highest BCUT2D eigenvalue weighted by Gasteiger charge is 2.23. The third-order valence-electron chi connectivity index (χ3n) is 4.45. The third-order valence-corrected chi connectivity index (χ3v) is 4.45. The summed E-state index contributed by atoms with van der Waals surface area (Å²) in [5.74, 6) is -0.366. The quantitative estimate of drug-likeness (QED) is 0.807. The summed E-state index contributed by atoms with van der Waals surface area (Å²) in [5.41, 5.74) is 1.39. The van der Waals surface area contributed by atoms with E-state index in [1.54, 1.807) is 6.07 Å². The van der Waals surface area contributed by atoms with Crippen molar-refractivity contribution < 1.29 is 23.0 Å². The zero-order valence-corrected chi connectivity index (χ0v) is 14.8. The molecular weight excluding hydrogens is 354 g/mol. The third kappa shape index (κ3) is 5.48. The summed E-state index contributed by atoms with van der Waals surface area (Å²) in [6.07, 6.45) is 0. The number of ether oxygens (including phenoxy) is 2. The van der Waals surface area contributed by atoms with Crippen LogP contribution in [0, 0.1) is 0 Å². The van der Waals surface area contributed by atoms with Gasteiger partial charge < -0.3 is 14.8 Å². The number of morpholine rings is 1. The number of hydrogen-bond acceptors (Lipinski definition) is 4. The lowest BCUT2D eigenvalue weighted by Gasteiger charge is -2.35. The van der Waals surface area contributed by atoms with Crippen LogP contribution >= 0.6 is 0 Å². The van der Waals surface area contributed by atoms with E-state index >= 15 is 0 Å². The van der Waals surface area contributed by atoms with Gasteiger partial charge in [-0.15, -0.1) is 0 Å². The van der Waals surface area contributed by atoms with E-state index in [0.29, 0.717) is 19.8 Å². The summed E-state index contributed by atoms with van der Waals surface area (Å²) in [6, 6.07) is 15.8. The molecule has 2 aromatic carbocycles. The van der Waals surface area contributed by atoms with Crippen molar-refractivity contribution in [3.05, 3.63) is 65.7 Å². The Labute approximate surface area is 156 Å². The number of carbonyl (C=O) groups is 1. The van der Waals surface area contributed by atoms with Gasteiger partial charge in [0.2, 0.25) is 0 Å². The van der Waals surface area contributed by atoms with Gasteiger partial charge in [-0.25, -0.2) is 0 Å². The van der Waals surface area contributed by atoms with E-state index in [-0.39, 0.29) is 23.3 Å². The molecule has 1 fully saturated rings. The van der Waals surface area contributed by atoms with Crippen LogP contribution in [0.2, 0.25) is 0 Å². The van der Waals surface area contributed by atoms with Crippen molar-refractivity contribution in [1.82, 2.24) is 10.2 Å². The summed E-state index contributed by atoms with van der Waals surface area (Å²) in [6.45, 7) is 0.365. The van der Waals surface area contributed by atoms with Crippen LogP contribution in [-0.4, -0.2) is 50.3 Å². The molecule has 0 bridgehead atoms. The Hall–Kier alpha value is -2.51. The second-order valence-electron chi connectivity index (χ2n) is 6.19. The van der Waals surface area contributed by atoms with Crippen LogP contribution in [0.4, 0.5) is 8.78 Å². The first-order valence-electron chi connectivity index (χ1n) is 8.83. The van der Waals surface area contributed by atoms with Gasteiger partial charge in [-0.05, 0) is 23.8 Å². The van der Waals surface area contributed by atoms with Crippen LogP contribution in [0.5, 0.6) is 5.75 Å². The van der Waals surface area contributed by atoms with E-state index in [4.69, 9.17) is 4.74 Å². The number of rotatable bonds is 7. The molecule has 5 nitrogen and oxygen atoms in total. The number of amides is 1. The zero-order valence-electron chi connectivity index (χ0n) is 14.8. The van der Waals surface area contributed by atoms with Crippen molar-refractivity contribution in [1.29, 1.82) is 0 Å². The maximum absolute atomic E-state index is 12.5. The molecule has 1 saturated heterocycles. The Morgan fingerprint density at radius 3 is 2.56 bits per heavy atom. The fraction of sp³-hybridized carbons (Fsp3) is 0.350. The van der Waals surface area contributed by atoms with Gasteiger partial charge in [0.1, 0.15) is 5.75 Å². The molecule has 1 amide bonds. The maximum Gasteiger partial charge on any atom is 0.387 e. The Morgan fingerprint density at radius 1 is 1.11 bits per heavy atom. The average molecular weight is 376 g/mol. The Bertz CT molecular complexity index is 737. The number of hydrogen-bond donors (Lipinski definition) is 1. The van der Waals surface area contributed by atoms with E-state index in [2.05, 4.69) is 15.0 Å². The van der Waals surface area contributed by atoms with Gasteiger partial charge in [-0.1, -0.05) is 36.4 Å². The molecule has 1 aliphatic heterocycles. The van der Waals surface area contributed by atoms with Gasteiger partial charge in [0.25, 0.3) is 5.91 Å². The smallest absolute Gasteiger partial charge is 0.387 e. The molecule has 1 N–H and O–H groups in total. The molecule has 2 aromatic rings. The van der Waals surface area contributed by atoms with Gasteiger partial charge >= 0.3 is 6.61 Å². The lowest BCUT2D eigenvalue weighted by Crippen LogP contribution is -2.43. The normalized spacial score (nSPS) is 16.1. The second-order valence-corrected chi connectivity index (χ2v) is 6.19. The Kier molecular flexibility index (Phi) is 6.73. The predicted molar refractivity (Wildman–Crippen MR) is 97.0 cm³/mol. The van der Waals surface area contributed by atoms with Crippen LogP contribution in [0.1, 0.15) is 22.0 Å². The van der Waals surface area contributed by atoms with E-state index < -0.39 is 6.61 Å². The van der Waals surface area contributed by atoms with Crippen molar-refractivity contribution in [2.24, 2.45) is 0 Å². The van der Waals surface area contributed by atoms with Gasteiger partial charge in [-0.2, -0.15) is 8.78 Å². The lowest BCUT2D eigenvalue weighted by atomic mass is 10.0. The number of nitrogens with one attached hydrogen (secondary N) is 1. The van der Waals surface area contributed by atoms with Crippen molar-refractivity contribution in [2.75, 3.05) is 32.8 Å². The molecule has 0 aliphatic carbocycles. The van der Waals surface area contributed by atoms with Crippen LogP contribution < -0.4 is 10.1 Å². The number of alkyl halides is 2. The van der Waals surface area contributed by atoms with E-state index in [1.165, 1.54) is 18.2 Å². The number of nitrogens with zero attached hydrogens (tertiary/aromatic N) is 1. The van der Waals surface area contributed by atoms with Gasteiger partial charge in [-0.3, -0.25) is 9.69 Å². The molecule has 27 heavy (non-hydrogen) atoms. The molecule has 0 radical (unpaired) electrons.